The number of hydrogen-bond donors (Lipinski definition) is 2. The summed E-state index contributed by atoms with van der Waals surface area (Å²) in [4.78, 5) is 11.0. The van der Waals surface area contributed by atoms with E-state index in [1.54, 1.807) is 18.2 Å². The normalized spacial score (nSPS) is 9.13. The van der Waals surface area contributed by atoms with E-state index in [1.165, 1.54) is 0 Å². The van der Waals surface area contributed by atoms with Crippen molar-refractivity contribution >= 4 is 5.91 Å². The Bertz CT molecular complexity index is 402. The minimum atomic E-state index is -0.470. The highest BCUT2D eigenvalue weighted by molar-refractivity contribution is 5.95. The van der Waals surface area contributed by atoms with Gasteiger partial charge in [-0.25, -0.2) is 0 Å². The molecule has 0 saturated heterocycles. The number of nitrogens with two attached hydrogens (primary N) is 1. The maximum Gasteiger partial charge on any atom is 0.249 e. The van der Waals surface area contributed by atoms with Crippen molar-refractivity contribution < 1.29 is 9.90 Å². The van der Waals surface area contributed by atoms with Crippen molar-refractivity contribution in [1.29, 1.82) is 0 Å². The molecule has 0 radical (unpaired) electrons. The van der Waals surface area contributed by atoms with Gasteiger partial charge in [0, 0.05) is 18.6 Å². The maximum atomic E-state index is 11.0. The van der Waals surface area contributed by atoms with Crippen LogP contribution in [0.3, 0.4) is 0 Å². The van der Waals surface area contributed by atoms with Gasteiger partial charge in [0.15, 0.2) is 0 Å². The van der Waals surface area contributed by atoms with Crippen LogP contribution < -0.4 is 5.73 Å². The zero-order chi connectivity index (χ0) is 11.1. The summed E-state index contributed by atoms with van der Waals surface area (Å²) in [7, 11) is 0. The Labute approximate surface area is 88.9 Å². The standard InChI is InChI=1S/C12H13NO2/c13-12(15)11-8-4-3-7-10(11)6-2-1-5-9-14/h3-4,7-8,14H,1,5,9H2,(H2,13,15). The van der Waals surface area contributed by atoms with E-state index in [2.05, 4.69) is 11.8 Å². The third-order valence-electron chi connectivity index (χ3n) is 1.88. The topological polar surface area (TPSA) is 63.3 Å². The van der Waals surface area contributed by atoms with E-state index < -0.39 is 5.91 Å². The molecule has 0 fully saturated rings. The zero-order valence-electron chi connectivity index (χ0n) is 8.36. The van der Waals surface area contributed by atoms with Gasteiger partial charge >= 0.3 is 0 Å². The molecule has 0 aliphatic carbocycles. The lowest BCUT2D eigenvalue weighted by atomic mass is 10.1. The maximum absolute atomic E-state index is 11.0. The van der Waals surface area contributed by atoms with Gasteiger partial charge < -0.3 is 10.8 Å². The van der Waals surface area contributed by atoms with Gasteiger partial charge in [0.1, 0.15) is 0 Å². The largest absolute Gasteiger partial charge is 0.396 e. The van der Waals surface area contributed by atoms with E-state index >= 15 is 0 Å². The Kier molecular flexibility index (Phi) is 4.39. The molecule has 0 unspecified atom stereocenters. The van der Waals surface area contributed by atoms with Crippen molar-refractivity contribution in [3.8, 4) is 11.8 Å². The molecule has 1 rings (SSSR count). The molecule has 0 atom stereocenters. The van der Waals surface area contributed by atoms with Crippen LogP contribution in [0.1, 0.15) is 28.8 Å². The van der Waals surface area contributed by atoms with Gasteiger partial charge in [-0.2, -0.15) is 0 Å². The molecule has 3 heteroatoms. The van der Waals surface area contributed by atoms with Crippen molar-refractivity contribution in [1.82, 2.24) is 0 Å². The lowest BCUT2D eigenvalue weighted by molar-refractivity contribution is 0.1000. The predicted octanol–water partition coefficient (Wildman–Crippen LogP) is 0.909. The van der Waals surface area contributed by atoms with Gasteiger partial charge in [0.05, 0.1) is 5.56 Å². The van der Waals surface area contributed by atoms with Crippen LogP contribution in [-0.2, 0) is 0 Å². The number of amides is 1. The molecule has 1 aromatic carbocycles. The van der Waals surface area contributed by atoms with E-state index in [0.717, 1.165) is 0 Å². The van der Waals surface area contributed by atoms with E-state index in [0.29, 0.717) is 24.0 Å². The van der Waals surface area contributed by atoms with Gasteiger partial charge in [0.2, 0.25) is 5.91 Å². The van der Waals surface area contributed by atoms with E-state index in [4.69, 9.17) is 10.8 Å². The minimum Gasteiger partial charge on any atom is -0.396 e. The van der Waals surface area contributed by atoms with Crippen LogP contribution in [-0.4, -0.2) is 17.6 Å². The van der Waals surface area contributed by atoms with Crippen LogP contribution in [0.4, 0.5) is 0 Å². The number of unbranched alkanes of at least 4 members (excludes halogenated alkanes) is 1. The monoisotopic (exact) mass is 203 g/mol. The first-order chi connectivity index (χ1) is 7.25. The lowest BCUT2D eigenvalue weighted by Gasteiger charge is -1.97. The number of hydrogen-bond acceptors (Lipinski definition) is 2. The number of aliphatic hydroxyl groups excluding tert-OH is 1. The summed E-state index contributed by atoms with van der Waals surface area (Å²) in [6.07, 6.45) is 1.26. The van der Waals surface area contributed by atoms with Gasteiger partial charge in [0.25, 0.3) is 0 Å². The van der Waals surface area contributed by atoms with Gasteiger partial charge in [-0.05, 0) is 18.6 Å². The summed E-state index contributed by atoms with van der Waals surface area (Å²) < 4.78 is 0. The fraction of sp³-hybridized carbons (Fsp3) is 0.250. The van der Waals surface area contributed by atoms with Crippen molar-refractivity contribution in [2.24, 2.45) is 5.73 Å². The quantitative estimate of drug-likeness (QED) is 0.566. The number of rotatable bonds is 3. The summed E-state index contributed by atoms with van der Waals surface area (Å²) >= 11 is 0. The van der Waals surface area contributed by atoms with Gasteiger partial charge in [-0.3, -0.25) is 4.79 Å². The molecule has 0 bridgehead atoms. The molecule has 78 valence electrons. The van der Waals surface area contributed by atoms with Crippen LogP contribution in [0.25, 0.3) is 0 Å². The number of carbonyl (C=O) groups is 1. The smallest absolute Gasteiger partial charge is 0.249 e. The minimum absolute atomic E-state index is 0.131. The first-order valence-corrected chi connectivity index (χ1v) is 4.74. The molecule has 0 aliphatic rings. The lowest BCUT2D eigenvalue weighted by Crippen LogP contribution is -2.12. The van der Waals surface area contributed by atoms with E-state index in [-0.39, 0.29) is 6.61 Å². The molecule has 0 saturated carbocycles. The van der Waals surface area contributed by atoms with Crippen molar-refractivity contribution in [2.75, 3.05) is 6.61 Å². The molecular formula is C12H13NO2. The second-order valence-electron chi connectivity index (χ2n) is 3.04. The third-order valence-corrected chi connectivity index (χ3v) is 1.88. The number of benzene rings is 1. The summed E-state index contributed by atoms with van der Waals surface area (Å²) in [5.74, 6) is 5.28. The molecule has 15 heavy (non-hydrogen) atoms. The van der Waals surface area contributed by atoms with Crippen LogP contribution in [0.2, 0.25) is 0 Å². The van der Waals surface area contributed by atoms with E-state index in [9.17, 15) is 4.79 Å². The number of aliphatic hydroxyl groups is 1. The Balaban J connectivity index is 2.83. The molecule has 1 aromatic rings. The highest BCUT2D eigenvalue weighted by Crippen LogP contribution is 2.06. The molecule has 3 N–H and O–H groups in total. The second-order valence-corrected chi connectivity index (χ2v) is 3.04. The average Bonchev–Trinajstić information content (AvgIpc) is 2.25. The Morgan fingerprint density at radius 3 is 2.80 bits per heavy atom. The summed E-state index contributed by atoms with van der Waals surface area (Å²) in [5, 5.41) is 8.56. The summed E-state index contributed by atoms with van der Waals surface area (Å²) in [6, 6.07) is 6.96. The number of carbonyl (C=O) groups excluding carboxylic acids is 1. The first-order valence-electron chi connectivity index (χ1n) is 4.74. The predicted molar refractivity (Wildman–Crippen MR) is 58.2 cm³/mol. The Morgan fingerprint density at radius 2 is 2.13 bits per heavy atom. The average molecular weight is 203 g/mol. The number of primary amides is 1. The third kappa shape index (κ3) is 3.45. The van der Waals surface area contributed by atoms with Gasteiger partial charge in [-0.1, -0.05) is 24.0 Å². The molecule has 0 heterocycles. The highest BCUT2D eigenvalue weighted by atomic mass is 16.2. The summed E-state index contributed by atoms with van der Waals surface area (Å²) in [5.41, 5.74) is 6.28. The second kappa shape index (κ2) is 5.84. The molecule has 0 aromatic heterocycles. The fourth-order valence-electron chi connectivity index (χ4n) is 1.13. The fourth-order valence-corrected chi connectivity index (χ4v) is 1.13. The first kappa shape index (κ1) is 11.3. The molecular weight excluding hydrogens is 190 g/mol. The Morgan fingerprint density at radius 1 is 1.40 bits per heavy atom. The molecule has 0 aliphatic heterocycles. The van der Waals surface area contributed by atoms with Crippen LogP contribution >= 0.6 is 0 Å². The Hall–Kier alpha value is -1.79. The molecule has 3 nitrogen and oxygen atoms in total. The van der Waals surface area contributed by atoms with E-state index in [1.807, 2.05) is 6.07 Å². The molecule has 1 amide bonds. The van der Waals surface area contributed by atoms with Crippen molar-refractivity contribution in [3.63, 3.8) is 0 Å². The SMILES string of the molecule is NC(=O)c1ccccc1C#CCCCO. The molecule has 0 spiro atoms. The highest BCUT2D eigenvalue weighted by Gasteiger charge is 2.03. The van der Waals surface area contributed by atoms with Crippen molar-refractivity contribution in [2.45, 2.75) is 12.8 Å². The summed E-state index contributed by atoms with van der Waals surface area (Å²) in [6.45, 7) is 0.131. The van der Waals surface area contributed by atoms with Crippen LogP contribution in [0, 0.1) is 11.8 Å². The van der Waals surface area contributed by atoms with Crippen LogP contribution in [0.15, 0.2) is 24.3 Å². The van der Waals surface area contributed by atoms with Crippen molar-refractivity contribution in [3.05, 3.63) is 35.4 Å². The van der Waals surface area contributed by atoms with Gasteiger partial charge in [-0.15, -0.1) is 0 Å². The van der Waals surface area contributed by atoms with Crippen LogP contribution in [0.5, 0.6) is 0 Å². The zero-order valence-corrected chi connectivity index (χ0v) is 8.36.